The number of methoxy groups -OCH3 is 1. The standard InChI is InChI=1S/C13H10N2O5S/c1-20-9-6-7-11(15(18)19)13(8-9)21-12-5-3-2-4-10(12)14(16)17/h2-8H,1H3. The zero-order valence-electron chi connectivity index (χ0n) is 10.9. The molecule has 0 aliphatic heterocycles. The molecule has 0 atom stereocenters. The summed E-state index contributed by atoms with van der Waals surface area (Å²) in [5.41, 5.74) is -0.224. The molecular weight excluding hydrogens is 296 g/mol. The van der Waals surface area contributed by atoms with Gasteiger partial charge in [-0.25, -0.2) is 0 Å². The van der Waals surface area contributed by atoms with Crippen molar-refractivity contribution in [2.75, 3.05) is 7.11 Å². The third-order valence-corrected chi connectivity index (χ3v) is 3.76. The first-order valence-electron chi connectivity index (χ1n) is 5.76. The zero-order valence-corrected chi connectivity index (χ0v) is 11.7. The van der Waals surface area contributed by atoms with Gasteiger partial charge in [0.15, 0.2) is 0 Å². The minimum Gasteiger partial charge on any atom is -0.497 e. The molecule has 0 aliphatic rings. The molecule has 2 aromatic carbocycles. The van der Waals surface area contributed by atoms with Crippen LogP contribution in [0.4, 0.5) is 11.4 Å². The van der Waals surface area contributed by atoms with Crippen molar-refractivity contribution in [3.63, 3.8) is 0 Å². The van der Waals surface area contributed by atoms with Gasteiger partial charge in [0.05, 0.1) is 26.7 Å². The summed E-state index contributed by atoms with van der Waals surface area (Å²) in [7, 11) is 1.45. The Hall–Kier alpha value is -2.61. The summed E-state index contributed by atoms with van der Waals surface area (Å²) in [6.07, 6.45) is 0. The van der Waals surface area contributed by atoms with E-state index in [2.05, 4.69) is 0 Å². The lowest BCUT2D eigenvalue weighted by atomic mass is 10.3. The highest BCUT2D eigenvalue weighted by atomic mass is 32.2. The Morgan fingerprint density at radius 3 is 2.19 bits per heavy atom. The molecule has 108 valence electrons. The normalized spacial score (nSPS) is 10.1. The van der Waals surface area contributed by atoms with Gasteiger partial charge in [-0.15, -0.1) is 0 Å². The SMILES string of the molecule is COc1ccc([N+](=O)[O-])c(Sc2ccccc2[N+](=O)[O-])c1. The topological polar surface area (TPSA) is 95.5 Å². The van der Waals surface area contributed by atoms with E-state index in [4.69, 9.17) is 4.74 Å². The van der Waals surface area contributed by atoms with Crippen molar-refractivity contribution in [1.82, 2.24) is 0 Å². The van der Waals surface area contributed by atoms with Crippen LogP contribution in [0, 0.1) is 20.2 Å². The van der Waals surface area contributed by atoms with Crippen LogP contribution in [0.1, 0.15) is 0 Å². The number of hydrogen-bond acceptors (Lipinski definition) is 6. The summed E-state index contributed by atoms with van der Waals surface area (Å²) < 4.78 is 5.04. The van der Waals surface area contributed by atoms with E-state index < -0.39 is 9.85 Å². The average Bonchev–Trinajstić information content (AvgIpc) is 2.47. The van der Waals surface area contributed by atoms with Crippen molar-refractivity contribution in [2.24, 2.45) is 0 Å². The lowest BCUT2D eigenvalue weighted by Gasteiger charge is -2.06. The van der Waals surface area contributed by atoms with Crippen LogP contribution in [0.3, 0.4) is 0 Å². The first-order valence-corrected chi connectivity index (χ1v) is 6.58. The van der Waals surface area contributed by atoms with Crippen LogP contribution in [0.5, 0.6) is 5.75 Å². The summed E-state index contributed by atoms with van der Waals surface area (Å²) in [6.45, 7) is 0. The molecule has 0 heterocycles. The molecule has 0 spiro atoms. The highest BCUT2D eigenvalue weighted by molar-refractivity contribution is 7.99. The molecule has 0 bridgehead atoms. The van der Waals surface area contributed by atoms with Crippen molar-refractivity contribution < 1.29 is 14.6 Å². The van der Waals surface area contributed by atoms with E-state index in [9.17, 15) is 20.2 Å². The molecule has 2 rings (SSSR count). The minimum atomic E-state index is -0.531. The van der Waals surface area contributed by atoms with Crippen LogP contribution in [0.15, 0.2) is 52.3 Å². The molecular formula is C13H10N2O5S. The van der Waals surface area contributed by atoms with Crippen molar-refractivity contribution in [2.45, 2.75) is 9.79 Å². The van der Waals surface area contributed by atoms with Crippen molar-refractivity contribution >= 4 is 23.1 Å². The van der Waals surface area contributed by atoms with Gasteiger partial charge in [0.25, 0.3) is 11.4 Å². The van der Waals surface area contributed by atoms with E-state index in [-0.39, 0.29) is 16.3 Å². The Balaban J connectivity index is 2.48. The van der Waals surface area contributed by atoms with Crippen LogP contribution in [-0.2, 0) is 0 Å². The average molecular weight is 306 g/mol. The van der Waals surface area contributed by atoms with Gasteiger partial charge in [-0.2, -0.15) is 0 Å². The number of nitrogens with zero attached hydrogens (tertiary/aromatic N) is 2. The quantitative estimate of drug-likeness (QED) is 0.618. The Morgan fingerprint density at radius 1 is 0.952 bits per heavy atom. The molecule has 8 heteroatoms. The van der Waals surface area contributed by atoms with Crippen LogP contribution >= 0.6 is 11.8 Å². The highest BCUT2D eigenvalue weighted by Crippen LogP contribution is 2.40. The molecule has 0 N–H and O–H groups in total. The molecule has 7 nitrogen and oxygen atoms in total. The number of para-hydroxylation sites is 1. The van der Waals surface area contributed by atoms with E-state index in [0.717, 1.165) is 11.8 Å². The Morgan fingerprint density at radius 2 is 1.57 bits per heavy atom. The number of nitro groups is 2. The number of hydrogen-bond donors (Lipinski definition) is 0. The summed E-state index contributed by atoms with van der Waals surface area (Å²) >= 11 is 0.964. The summed E-state index contributed by atoms with van der Waals surface area (Å²) in [5, 5.41) is 22.0. The maximum atomic E-state index is 11.0. The Labute approximate surface area is 123 Å². The molecule has 0 amide bonds. The maximum absolute atomic E-state index is 11.0. The van der Waals surface area contributed by atoms with Gasteiger partial charge >= 0.3 is 0 Å². The van der Waals surface area contributed by atoms with Crippen molar-refractivity contribution in [1.29, 1.82) is 0 Å². The van der Waals surface area contributed by atoms with Gasteiger partial charge in [0.2, 0.25) is 0 Å². The van der Waals surface area contributed by atoms with Crippen LogP contribution in [-0.4, -0.2) is 17.0 Å². The summed E-state index contributed by atoms with van der Waals surface area (Å²) in [5.74, 6) is 0.446. The second-order valence-electron chi connectivity index (χ2n) is 3.92. The van der Waals surface area contributed by atoms with E-state index >= 15 is 0 Å². The zero-order chi connectivity index (χ0) is 15.4. The number of nitro benzene ring substituents is 2. The van der Waals surface area contributed by atoms with Gasteiger partial charge in [0.1, 0.15) is 5.75 Å². The van der Waals surface area contributed by atoms with E-state index in [1.54, 1.807) is 18.2 Å². The minimum absolute atomic E-state index is 0.0976. The van der Waals surface area contributed by atoms with Gasteiger partial charge in [0, 0.05) is 18.2 Å². The molecule has 0 saturated carbocycles. The molecule has 0 fully saturated rings. The highest BCUT2D eigenvalue weighted by Gasteiger charge is 2.20. The number of rotatable bonds is 5. The lowest BCUT2D eigenvalue weighted by molar-refractivity contribution is -0.388. The maximum Gasteiger partial charge on any atom is 0.283 e. The van der Waals surface area contributed by atoms with Gasteiger partial charge in [-0.1, -0.05) is 23.9 Å². The molecule has 0 aliphatic carbocycles. The summed E-state index contributed by atoms with van der Waals surface area (Å²) in [6, 6.07) is 10.4. The first kappa shape index (κ1) is 14.8. The fourth-order valence-electron chi connectivity index (χ4n) is 1.67. The molecule has 0 saturated heterocycles. The second-order valence-corrected chi connectivity index (χ2v) is 5.00. The van der Waals surface area contributed by atoms with Crippen LogP contribution in [0.2, 0.25) is 0 Å². The van der Waals surface area contributed by atoms with Crippen LogP contribution in [0.25, 0.3) is 0 Å². The molecule has 0 unspecified atom stereocenters. The fraction of sp³-hybridized carbons (Fsp3) is 0.0769. The third-order valence-electron chi connectivity index (χ3n) is 2.65. The second kappa shape index (κ2) is 6.23. The summed E-state index contributed by atoms with van der Waals surface area (Å²) in [4.78, 5) is 21.6. The molecule has 0 aromatic heterocycles. The smallest absolute Gasteiger partial charge is 0.283 e. The largest absolute Gasteiger partial charge is 0.497 e. The van der Waals surface area contributed by atoms with E-state index in [0.29, 0.717) is 10.6 Å². The molecule has 0 radical (unpaired) electrons. The predicted octanol–water partition coefficient (Wildman–Crippen LogP) is 3.66. The fourth-order valence-corrected chi connectivity index (χ4v) is 2.72. The van der Waals surface area contributed by atoms with E-state index in [1.165, 1.54) is 31.4 Å². The Kier molecular flexibility index (Phi) is 4.39. The Bertz CT molecular complexity index is 705. The van der Waals surface area contributed by atoms with Crippen molar-refractivity contribution in [3.8, 4) is 5.75 Å². The molecule has 2 aromatic rings. The monoisotopic (exact) mass is 306 g/mol. The number of ether oxygens (including phenoxy) is 1. The van der Waals surface area contributed by atoms with Gasteiger partial charge in [-0.05, 0) is 12.1 Å². The first-order chi connectivity index (χ1) is 10.0. The lowest BCUT2D eigenvalue weighted by Crippen LogP contribution is -1.94. The molecule has 21 heavy (non-hydrogen) atoms. The third kappa shape index (κ3) is 3.29. The number of benzene rings is 2. The predicted molar refractivity (Wildman–Crippen MR) is 76.9 cm³/mol. The van der Waals surface area contributed by atoms with Crippen LogP contribution < -0.4 is 4.74 Å². The van der Waals surface area contributed by atoms with E-state index in [1.807, 2.05) is 0 Å². The van der Waals surface area contributed by atoms with Gasteiger partial charge in [-0.3, -0.25) is 20.2 Å². The van der Waals surface area contributed by atoms with Crippen molar-refractivity contribution in [3.05, 3.63) is 62.7 Å². The van der Waals surface area contributed by atoms with Gasteiger partial charge < -0.3 is 4.74 Å².